The van der Waals surface area contributed by atoms with Crippen LogP contribution in [0.15, 0.2) is 47.4 Å². The number of nitro benzene ring substituents is 1. The highest BCUT2D eigenvalue weighted by atomic mass is 35.5. The van der Waals surface area contributed by atoms with Crippen LogP contribution in [0.1, 0.15) is 0 Å². The lowest BCUT2D eigenvalue weighted by molar-refractivity contribution is -0.385. The van der Waals surface area contributed by atoms with E-state index in [9.17, 15) is 27.7 Å². The quantitative estimate of drug-likeness (QED) is 0.416. The van der Waals surface area contributed by atoms with E-state index in [2.05, 4.69) is 0 Å². The SMILES string of the molecule is O=C(Cl)CN(c1ccc(F)c(Cl)c1)S(=O)(=O)c1cccc([N+](=O)[O-])c1. The van der Waals surface area contributed by atoms with Crippen LogP contribution in [-0.4, -0.2) is 25.1 Å². The van der Waals surface area contributed by atoms with Crippen molar-refractivity contribution >= 4 is 49.8 Å². The third kappa shape index (κ3) is 4.25. The summed E-state index contributed by atoms with van der Waals surface area (Å²) >= 11 is 11.0. The number of hydrogen-bond acceptors (Lipinski definition) is 5. The molecule has 2 aromatic carbocycles. The van der Waals surface area contributed by atoms with Gasteiger partial charge in [-0.2, -0.15) is 0 Å². The molecule has 0 saturated carbocycles. The van der Waals surface area contributed by atoms with Gasteiger partial charge in [0.1, 0.15) is 12.4 Å². The number of non-ortho nitro benzene ring substituents is 1. The van der Waals surface area contributed by atoms with Gasteiger partial charge in [-0.15, -0.1) is 0 Å². The van der Waals surface area contributed by atoms with Crippen molar-refractivity contribution in [3.05, 3.63) is 63.4 Å². The Morgan fingerprint density at radius 3 is 2.48 bits per heavy atom. The largest absolute Gasteiger partial charge is 0.279 e. The predicted octanol–water partition coefficient (Wildman–Crippen LogP) is 3.35. The van der Waals surface area contributed by atoms with Crippen molar-refractivity contribution in [2.24, 2.45) is 0 Å². The van der Waals surface area contributed by atoms with Gasteiger partial charge in [0.15, 0.2) is 0 Å². The molecule has 0 saturated heterocycles. The molecule has 0 unspecified atom stereocenters. The summed E-state index contributed by atoms with van der Waals surface area (Å²) in [5.41, 5.74) is -0.567. The van der Waals surface area contributed by atoms with Crippen LogP contribution < -0.4 is 4.31 Å². The molecule has 25 heavy (non-hydrogen) atoms. The summed E-state index contributed by atoms with van der Waals surface area (Å²) in [6.45, 7) is -0.769. The molecule has 0 atom stereocenters. The second kappa shape index (κ2) is 7.34. The zero-order chi connectivity index (χ0) is 18.8. The molecule has 0 aliphatic carbocycles. The standard InChI is InChI=1S/C14H9Cl2FN2O5S/c15-12-7-9(4-5-13(12)17)18(8-14(16)20)25(23,24)11-3-1-2-10(6-11)19(21)22/h1-7H,8H2. The van der Waals surface area contributed by atoms with Gasteiger partial charge in [-0.25, -0.2) is 12.8 Å². The van der Waals surface area contributed by atoms with Gasteiger partial charge in [0.25, 0.3) is 15.7 Å². The minimum Gasteiger partial charge on any atom is -0.279 e. The Hall–Kier alpha value is -2.23. The second-order valence-electron chi connectivity index (χ2n) is 4.72. The summed E-state index contributed by atoms with van der Waals surface area (Å²) in [6, 6.07) is 7.29. The van der Waals surface area contributed by atoms with Crippen LogP contribution in [0.3, 0.4) is 0 Å². The van der Waals surface area contributed by atoms with Gasteiger partial charge in [0.05, 0.1) is 20.5 Å². The molecule has 7 nitrogen and oxygen atoms in total. The Labute approximate surface area is 151 Å². The number of carbonyl (C=O) groups excluding carboxylic acids is 1. The number of nitro groups is 1. The number of hydrogen-bond donors (Lipinski definition) is 0. The van der Waals surface area contributed by atoms with Crippen LogP contribution in [-0.2, 0) is 14.8 Å². The van der Waals surface area contributed by atoms with E-state index in [1.165, 1.54) is 6.07 Å². The molecule has 0 bridgehead atoms. The van der Waals surface area contributed by atoms with Gasteiger partial charge in [0, 0.05) is 12.1 Å². The molecular formula is C14H9Cl2FN2O5S. The van der Waals surface area contributed by atoms with E-state index in [4.69, 9.17) is 23.2 Å². The average Bonchev–Trinajstić information content (AvgIpc) is 2.55. The molecule has 2 aromatic rings. The first-order chi connectivity index (χ1) is 11.6. The van der Waals surface area contributed by atoms with E-state index in [-0.39, 0.29) is 10.7 Å². The average molecular weight is 407 g/mol. The van der Waals surface area contributed by atoms with E-state index >= 15 is 0 Å². The zero-order valence-electron chi connectivity index (χ0n) is 12.2. The van der Waals surface area contributed by atoms with Crippen molar-refractivity contribution in [2.45, 2.75) is 4.90 Å². The highest BCUT2D eigenvalue weighted by Crippen LogP contribution is 2.29. The first kappa shape index (κ1) is 19.1. The lowest BCUT2D eigenvalue weighted by Crippen LogP contribution is -2.34. The molecule has 0 radical (unpaired) electrons. The smallest absolute Gasteiger partial charge is 0.270 e. The molecule has 0 aliphatic rings. The normalized spacial score (nSPS) is 11.2. The Morgan fingerprint density at radius 1 is 1.24 bits per heavy atom. The summed E-state index contributed by atoms with van der Waals surface area (Å²) in [7, 11) is -4.39. The first-order valence-corrected chi connectivity index (χ1v) is 8.73. The molecule has 0 aliphatic heterocycles. The van der Waals surface area contributed by atoms with E-state index in [1.54, 1.807) is 0 Å². The van der Waals surface area contributed by atoms with Crippen molar-refractivity contribution in [1.82, 2.24) is 0 Å². The van der Waals surface area contributed by atoms with Crippen LogP contribution >= 0.6 is 23.2 Å². The predicted molar refractivity (Wildman–Crippen MR) is 89.9 cm³/mol. The topological polar surface area (TPSA) is 97.6 Å². The van der Waals surface area contributed by atoms with Gasteiger partial charge in [-0.05, 0) is 35.9 Å². The number of rotatable bonds is 6. The maximum atomic E-state index is 13.3. The van der Waals surface area contributed by atoms with E-state index in [0.29, 0.717) is 4.31 Å². The Bertz CT molecular complexity index is 952. The fourth-order valence-corrected chi connectivity index (χ4v) is 3.77. The number of sulfonamides is 1. The van der Waals surface area contributed by atoms with Crippen molar-refractivity contribution in [3.8, 4) is 0 Å². The lowest BCUT2D eigenvalue weighted by atomic mass is 10.3. The fraction of sp³-hybridized carbons (Fsp3) is 0.0714. The van der Waals surface area contributed by atoms with Crippen LogP contribution in [0.5, 0.6) is 0 Å². The maximum Gasteiger partial charge on any atom is 0.270 e. The molecule has 11 heteroatoms. The first-order valence-electron chi connectivity index (χ1n) is 6.53. The molecule has 0 spiro atoms. The summed E-state index contributed by atoms with van der Waals surface area (Å²) in [4.78, 5) is 20.9. The van der Waals surface area contributed by atoms with Gasteiger partial charge in [0.2, 0.25) is 5.24 Å². The zero-order valence-corrected chi connectivity index (χ0v) is 14.6. The summed E-state index contributed by atoms with van der Waals surface area (Å²) in [5, 5.41) is 9.48. The highest BCUT2D eigenvalue weighted by molar-refractivity contribution is 7.92. The Balaban J connectivity index is 2.59. The molecule has 0 aromatic heterocycles. The molecular weight excluding hydrogens is 398 g/mol. The van der Waals surface area contributed by atoms with Crippen LogP contribution in [0.2, 0.25) is 5.02 Å². The minimum absolute atomic E-state index is 0.119. The molecule has 0 amide bonds. The summed E-state index contributed by atoms with van der Waals surface area (Å²) in [5.74, 6) is -0.782. The van der Waals surface area contributed by atoms with Crippen LogP contribution in [0.4, 0.5) is 15.8 Å². The Kier molecular flexibility index (Phi) is 5.61. The number of nitrogens with zero attached hydrogens (tertiary/aromatic N) is 2. The number of benzene rings is 2. The van der Waals surface area contributed by atoms with Crippen molar-refractivity contribution in [3.63, 3.8) is 0 Å². The van der Waals surface area contributed by atoms with Crippen LogP contribution in [0, 0.1) is 15.9 Å². The third-order valence-electron chi connectivity index (χ3n) is 3.08. The molecule has 2 rings (SSSR count). The Morgan fingerprint density at radius 2 is 1.92 bits per heavy atom. The minimum atomic E-state index is -4.39. The number of anilines is 1. The maximum absolute atomic E-state index is 13.3. The second-order valence-corrected chi connectivity index (χ2v) is 7.41. The monoisotopic (exact) mass is 406 g/mol. The van der Waals surface area contributed by atoms with Crippen molar-refractivity contribution in [2.75, 3.05) is 10.8 Å². The van der Waals surface area contributed by atoms with Crippen molar-refractivity contribution in [1.29, 1.82) is 0 Å². The van der Waals surface area contributed by atoms with Gasteiger partial charge in [-0.1, -0.05) is 17.7 Å². The highest BCUT2D eigenvalue weighted by Gasteiger charge is 2.28. The molecule has 132 valence electrons. The number of carbonyl (C=O) groups is 1. The van der Waals surface area contributed by atoms with E-state index < -0.39 is 43.1 Å². The van der Waals surface area contributed by atoms with Gasteiger partial charge >= 0.3 is 0 Å². The summed E-state index contributed by atoms with van der Waals surface area (Å²) in [6.07, 6.45) is 0. The van der Waals surface area contributed by atoms with E-state index in [0.717, 1.165) is 36.4 Å². The molecule has 0 N–H and O–H groups in total. The van der Waals surface area contributed by atoms with Crippen LogP contribution in [0.25, 0.3) is 0 Å². The van der Waals surface area contributed by atoms with Crippen molar-refractivity contribution < 1.29 is 22.5 Å². The fourth-order valence-electron chi connectivity index (χ4n) is 1.95. The molecule has 0 fully saturated rings. The third-order valence-corrected chi connectivity index (χ3v) is 5.25. The van der Waals surface area contributed by atoms with E-state index in [1.807, 2.05) is 0 Å². The van der Waals surface area contributed by atoms with Gasteiger partial charge < -0.3 is 0 Å². The molecule has 0 heterocycles. The summed E-state index contributed by atoms with van der Waals surface area (Å²) < 4.78 is 39.5. The lowest BCUT2D eigenvalue weighted by Gasteiger charge is -2.23. The van der Waals surface area contributed by atoms with Gasteiger partial charge in [-0.3, -0.25) is 19.2 Å². The number of halogens is 3.